The van der Waals surface area contributed by atoms with Crippen molar-refractivity contribution in [1.82, 2.24) is 14.5 Å². The molecule has 3 rings (SSSR count). The number of alkyl halides is 1. The molecule has 1 fully saturated rings. The lowest BCUT2D eigenvalue weighted by molar-refractivity contribution is -0.133. The Bertz CT molecular complexity index is 776. The van der Waals surface area contributed by atoms with Gasteiger partial charge in [-0.2, -0.15) is 0 Å². The molecule has 0 spiro atoms. The summed E-state index contributed by atoms with van der Waals surface area (Å²) >= 11 is 0. The van der Waals surface area contributed by atoms with Gasteiger partial charge >= 0.3 is 0 Å². The maximum Gasteiger partial charge on any atom is 0.261 e. The summed E-state index contributed by atoms with van der Waals surface area (Å²) in [6.07, 6.45) is 0.563. The van der Waals surface area contributed by atoms with Crippen molar-refractivity contribution in [2.24, 2.45) is 0 Å². The van der Waals surface area contributed by atoms with E-state index in [2.05, 4.69) is 4.98 Å². The molecule has 1 aliphatic rings. The van der Waals surface area contributed by atoms with Gasteiger partial charge in [0, 0.05) is 19.4 Å². The van der Waals surface area contributed by atoms with Crippen molar-refractivity contribution >= 4 is 16.8 Å². The molecule has 1 N–H and O–H groups in total. The number of benzene rings is 1. The van der Waals surface area contributed by atoms with E-state index < -0.39 is 12.2 Å². The van der Waals surface area contributed by atoms with Crippen LogP contribution in [0.15, 0.2) is 35.4 Å². The number of carbonyl (C=O) groups is 1. The van der Waals surface area contributed by atoms with E-state index in [1.807, 2.05) is 0 Å². The van der Waals surface area contributed by atoms with E-state index >= 15 is 0 Å². The number of carbonyl (C=O) groups excluding carboxylic acids is 1. The van der Waals surface area contributed by atoms with Gasteiger partial charge in [-0.05, 0) is 12.1 Å². The molecule has 1 aromatic carbocycles. The monoisotopic (exact) mass is 319 g/mol. The average Bonchev–Trinajstić information content (AvgIpc) is 2.95. The molecule has 0 unspecified atom stereocenters. The predicted octanol–water partition coefficient (Wildman–Crippen LogP) is 0.718. The first kappa shape index (κ1) is 15.6. The van der Waals surface area contributed by atoms with E-state index in [-0.39, 0.29) is 44.0 Å². The molecular formula is C16H18FN3O3. The molecule has 0 aliphatic carbocycles. The zero-order valence-corrected chi connectivity index (χ0v) is 12.6. The molecule has 1 amide bonds. The summed E-state index contributed by atoms with van der Waals surface area (Å²) in [5, 5.41) is 9.73. The van der Waals surface area contributed by atoms with Crippen molar-refractivity contribution in [3.8, 4) is 0 Å². The molecule has 2 atom stereocenters. The molecule has 2 aromatic rings. The van der Waals surface area contributed by atoms with Crippen LogP contribution in [0.25, 0.3) is 10.9 Å². The zero-order chi connectivity index (χ0) is 16.4. The fraction of sp³-hybridized carbons (Fsp3) is 0.438. The van der Waals surface area contributed by atoms with E-state index in [0.29, 0.717) is 10.9 Å². The molecule has 1 aliphatic heterocycles. The van der Waals surface area contributed by atoms with Crippen molar-refractivity contribution in [3.05, 3.63) is 40.9 Å². The van der Waals surface area contributed by atoms with Crippen molar-refractivity contribution in [3.63, 3.8) is 0 Å². The van der Waals surface area contributed by atoms with Crippen LogP contribution in [0.1, 0.15) is 12.8 Å². The van der Waals surface area contributed by atoms with Gasteiger partial charge in [-0.25, -0.2) is 9.37 Å². The number of fused-ring (bicyclic) bond motifs is 1. The van der Waals surface area contributed by atoms with E-state index in [4.69, 9.17) is 0 Å². The van der Waals surface area contributed by atoms with E-state index in [0.717, 1.165) is 0 Å². The van der Waals surface area contributed by atoms with Gasteiger partial charge in [-0.15, -0.1) is 0 Å². The molecule has 0 bridgehead atoms. The predicted molar refractivity (Wildman–Crippen MR) is 82.7 cm³/mol. The summed E-state index contributed by atoms with van der Waals surface area (Å²) in [6.45, 7) is -0.0559. The minimum atomic E-state index is -1.10. The highest BCUT2D eigenvalue weighted by atomic mass is 19.1. The van der Waals surface area contributed by atoms with Gasteiger partial charge in [-0.1, -0.05) is 12.1 Å². The molecule has 7 heteroatoms. The summed E-state index contributed by atoms with van der Waals surface area (Å²) < 4.78 is 14.8. The highest BCUT2D eigenvalue weighted by Gasteiger charge is 2.34. The highest BCUT2D eigenvalue weighted by Crippen LogP contribution is 2.21. The van der Waals surface area contributed by atoms with Crippen LogP contribution in [0.5, 0.6) is 0 Å². The van der Waals surface area contributed by atoms with Crippen molar-refractivity contribution < 1.29 is 14.3 Å². The number of aromatic nitrogens is 2. The Hall–Kier alpha value is -2.28. The number of aliphatic hydroxyl groups excluding tert-OH is 1. The first-order chi connectivity index (χ1) is 11.1. The second kappa shape index (κ2) is 6.45. The first-order valence-corrected chi connectivity index (χ1v) is 7.58. The third kappa shape index (κ3) is 3.10. The summed E-state index contributed by atoms with van der Waals surface area (Å²) in [5.41, 5.74) is 0.409. The molecule has 0 saturated carbocycles. The number of para-hydroxylation sites is 1. The Kier molecular flexibility index (Phi) is 4.38. The first-order valence-electron chi connectivity index (χ1n) is 7.58. The maximum atomic E-state index is 13.4. The number of aryl methyl sites for hydroxylation is 1. The average molecular weight is 319 g/mol. The smallest absolute Gasteiger partial charge is 0.261 e. The van der Waals surface area contributed by atoms with E-state index in [9.17, 15) is 19.1 Å². The Morgan fingerprint density at radius 3 is 2.96 bits per heavy atom. The van der Waals surface area contributed by atoms with Crippen LogP contribution >= 0.6 is 0 Å². The molecule has 6 nitrogen and oxygen atoms in total. The molecule has 1 saturated heterocycles. The van der Waals surface area contributed by atoms with Crippen LogP contribution in [0.3, 0.4) is 0 Å². The minimum Gasteiger partial charge on any atom is -0.394 e. The maximum absolute atomic E-state index is 13.4. The lowest BCUT2D eigenvalue weighted by Gasteiger charge is -2.22. The van der Waals surface area contributed by atoms with Crippen LogP contribution < -0.4 is 5.56 Å². The second-order valence-electron chi connectivity index (χ2n) is 5.73. The number of amides is 1. The number of nitrogens with zero attached hydrogens (tertiary/aromatic N) is 3. The van der Waals surface area contributed by atoms with Gasteiger partial charge in [0.1, 0.15) is 6.17 Å². The minimum absolute atomic E-state index is 0.00886. The van der Waals surface area contributed by atoms with Crippen molar-refractivity contribution in [1.29, 1.82) is 0 Å². The van der Waals surface area contributed by atoms with Crippen LogP contribution in [-0.4, -0.2) is 50.8 Å². The molecule has 1 aromatic heterocycles. The number of aliphatic hydroxyl groups is 1. The lowest BCUT2D eigenvalue weighted by Crippen LogP contribution is -2.38. The molecule has 0 radical (unpaired) electrons. The lowest BCUT2D eigenvalue weighted by atomic mass is 10.2. The van der Waals surface area contributed by atoms with E-state index in [1.54, 1.807) is 24.3 Å². The number of halogens is 1. The topological polar surface area (TPSA) is 75.4 Å². The fourth-order valence-corrected chi connectivity index (χ4v) is 2.96. The third-order valence-electron chi connectivity index (χ3n) is 4.19. The summed E-state index contributed by atoms with van der Waals surface area (Å²) in [4.78, 5) is 30.1. The number of hydrogen-bond donors (Lipinski definition) is 1. The standard InChI is InChI=1S/C16H18FN3O3/c17-11-7-12(9-21)20(8-11)15(22)5-6-19-10-18-14-4-2-1-3-13(14)16(19)23/h1-4,10-12,21H,5-9H2/t11-,12-/m0/s1. The van der Waals surface area contributed by atoms with Gasteiger partial charge in [0.05, 0.1) is 36.4 Å². The number of likely N-dealkylation sites (tertiary alicyclic amines) is 1. The van der Waals surface area contributed by atoms with Crippen molar-refractivity contribution in [2.45, 2.75) is 31.6 Å². The number of hydrogen-bond acceptors (Lipinski definition) is 4. The van der Waals surface area contributed by atoms with Gasteiger partial charge in [0.15, 0.2) is 0 Å². The Morgan fingerprint density at radius 2 is 2.17 bits per heavy atom. The van der Waals surface area contributed by atoms with Crippen LogP contribution in [-0.2, 0) is 11.3 Å². The SMILES string of the molecule is O=C(CCn1cnc2ccccc2c1=O)N1C[C@@H](F)C[C@H]1CO. The normalized spacial score (nSPS) is 21.0. The molecule has 122 valence electrons. The summed E-state index contributed by atoms with van der Waals surface area (Å²) in [5.74, 6) is -0.260. The van der Waals surface area contributed by atoms with Gasteiger partial charge < -0.3 is 10.0 Å². The van der Waals surface area contributed by atoms with Gasteiger partial charge in [-0.3, -0.25) is 14.2 Å². The van der Waals surface area contributed by atoms with Crippen LogP contribution in [0.4, 0.5) is 4.39 Å². The van der Waals surface area contributed by atoms with Crippen LogP contribution in [0, 0.1) is 0 Å². The Labute approximate surface area is 132 Å². The Morgan fingerprint density at radius 1 is 1.39 bits per heavy atom. The van der Waals surface area contributed by atoms with Gasteiger partial charge in [0.2, 0.25) is 5.91 Å². The van der Waals surface area contributed by atoms with E-state index in [1.165, 1.54) is 15.8 Å². The largest absolute Gasteiger partial charge is 0.394 e. The number of rotatable bonds is 4. The second-order valence-corrected chi connectivity index (χ2v) is 5.73. The summed E-state index contributed by atoms with van der Waals surface area (Å²) in [6, 6.07) is 6.54. The Balaban J connectivity index is 1.72. The molecule has 23 heavy (non-hydrogen) atoms. The fourth-order valence-electron chi connectivity index (χ4n) is 2.96. The van der Waals surface area contributed by atoms with Gasteiger partial charge in [0.25, 0.3) is 5.56 Å². The molecular weight excluding hydrogens is 301 g/mol. The highest BCUT2D eigenvalue weighted by molar-refractivity contribution is 5.78. The van der Waals surface area contributed by atoms with Crippen LogP contribution in [0.2, 0.25) is 0 Å². The molecule has 2 heterocycles. The zero-order valence-electron chi connectivity index (χ0n) is 12.6. The quantitative estimate of drug-likeness (QED) is 0.901. The summed E-state index contributed by atoms with van der Waals surface area (Å²) in [7, 11) is 0. The van der Waals surface area contributed by atoms with Crippen molar-refractivity contribution in [2.75, 3.05) is 13.2 Å². The third-order valence-corrected chi connectivity index (χ3v) is 4.19.